The molecule has 2 aromatic rings. The Bertz CT molecular complexity index is 560. The zero-order chi connectivity index (χ0) is 15.1. The Morgan fingerprint density at radius 1 is 1.05 bits per heavy atom. The average Bonchev–Trinajstić information content (AvgIpc) is 2.48. The second-order valence-corrected chi connectivity index (χ2v) is 5.56. The lowest BCUT2D eigenvalue weighted by atomic mass is 10.2. The smallest absolute Gasteiger partial charge is 0.142 e. The molecule has 0 fully saturated rings. The standard InChI is InChI=1S/C16H18BrNO3/c17-13-7-5-12(6-8-13)9-20-10-14(19)11-21-16-4-2-1-3-15(16)18/h1-8,14,19H,9-11,18H2. The molecule has 21 heavy (non-hydrogen) atoms. The van der Waals surface area contributed by atoms with Crippen molar-refractivity contribution in [3.63, 3.8) is 0 Å². The Balaban J connectivity index is 1.69. The molecule has 0 aliphatic carbocycles. The van der Waals surface area contributed by atoms with E-state index in [9.17, 15) is 5.11 Å². The first-order chi connectivity index (χ1) is 10.1. The summed E-state index contributed by atoms with van der Waals surface area (Å²) >= 11 is 3.38. The van der Waals surface area contributed by atoms with Crippen molar-refractivity contribution in [2.24, 2.45) is 0 Å². The number of aliphatic hydroxyl groups is 1. The van der Waals surface area contributed by atoms with E-state index in [-0.39, 0.29) is 13.2 Å². The SMILES string of the molecule is Nc1ccccc1OCC(O)COCc1ccc(Br)cc1. The van der Waals surface area contributed by atoms with Crippen LogP contribution in [-0.4, -0.2) is 24.4 Å². The minimum absolute atomic E-state index is 0.147. The molecule has 2 rings (SSSR count). The summed E-state index contributed by atoms with van der Waals surface area (Å²) in [5, 5.41) is 9.83. The number of hydrogen-bond acceptors (Lipinski definition) is 4. The molecule has 2 aromatic carbocycles. The normalized spacial score (nSPS) is 12.1. The van der Waals surface area contributed by atoms with Crippen LogP contribution < -0.4 is 10.5 Å². The number of halogens is 1. The summed E-state index contributed by atoms with van der Waals surface area (Å²) in [6, 6.07) is 15.0. The summed E-state index contributed by atoms with van der Waals surface area (Å²) in [5.74, 6) is 0.574. The summed E-state index contributed by atoms with van der Waals surface area (Å²) in [5.41, 5.74) is 7.36. The lowest BCUT2D eigenvalue weighted by Gasteiger charge is -2.14. The highest BCUT2D eigenvalue weighted by Gasteiger charge is 2.07. The Morgan fingerprint density at radius 3 is 2.48 bits per heavy atom. The van der Waals surface area contributed by atoms with Gasteiger partial charge in [-0.1, -0.05) is 40.2 Å². The molecule has 5 heteroatoms. The molecule has 0 aliphatic rings. The van der Waals surface area contributed by atoms with E-state index in [1.807, 2.05) is 36.4 Å². The Labute approximate surface area is 132 Å². The highest BCUT2D eigenvalue weighted by atomic mass is 79.9. The van der Waals surface area contributed by atoms with E-state index in [0.29, 0.717) is 18.0 Å². The van der Waals surface area contributed by atoms with E-state index < -0.39 is 6.10 Å². The molecule has 0 amide bonds. The summed E-state index contributed by atoms with van der Waals surface area (Å²) in [4.78, 5) is 0. The number of para-hydroxylation sites is 2. The number of rotatable bonds is 7. The molecule has 0 radical (unpaired) electrons. The maximum absolute atomic E-state index is 9.83. The lowest BCUT2D eigenvalue weighted by Crippen LogP contribution is -2.23. The number of hydrogen-bond donors (Lipinski definition) is 2. The molecule has 112 valence electrons. The topological polar surface area (TPSA) is 64.7 Å². The van der Waals surface area contributed by atoms with Crippen LogP contribution >= 0.6 is 15.9 Å². The molecule has 0 bridgehead atoms. The van der Waals surface area contributed by atoms with Gasteiger partial charge >= 0.3 is 0 Å². The molecule has 1 atom stereocenters. The molecule has 0 saturated heterocycles. The third-order valence-electron chi connectivity index (χ3n) is 2.84. The fourth-order valence-corrected chi connectivity index (χ4v) is 2.00. The van der Waals surface area contributed by atoms with Crippen LogP contribution in [0, 0.1) is 0 Å². The number of anilines is 1. The summed E-state index contributed by atoms with van der Waals surface area (Å²) in [7, 11) is 0. The van der Waals surface area contributed by atoms with E-state index in [4.69, 9.17) is 15.2 Å². The molecule has 0 spiro atoms. The van der Waals surface area contributed by atoms with Gasteiger partial charge in [0.2, 0.25) is 0 Å². The molecule has 3 N–H and O–H groups in total. The van der Waals surface area contributed by atoms with Crippen LogP contribution in [0.1, 0.15) is 5.56 Å². The van der Waals surface area contributed by atoms with E-state index >= 15 is 0 Å². The van der Waals surface area contributed by atoms with Gasteiger partial charge in [0, 0.05) is 4.47 Å². The number of benzene rings is 2. The van der Waals surface area contributed by atoms with Crippen LogP contribution in [0.3, 0.4) is 0 Å². The third-order valence-corrected chi connectivity index (χ3v) is 3.37. The summed E-state index contributed by atoms with van der Waals surface area (Å²) < 4.78 is 11.9. The predicted molar refractivity (Wildman–Crippen MR) is 86.2 cm³/mol. The fraction of sp³-hybridized carbons (Fsp3) is 0.250. The van der Waals surface area contributed by atoms with Crippen molar-refractivity contribution in [2.75, 3.05) is 18.9 Å². The Morgan fingerprint density at radius 2 is 1.76 bits per heavy atom. The highest BCUT2D eigenvalue weighted by Crippen LogP contribution is 2.19. The van der Waals surface area contributed by atoms with Crippen LogP contribution in [-0.2, 0) is 11.3 Å². The lowest BCUT2D eigenvalue weighted by molar-refractivity contribution is 0.00562. The second kappa shape index (κ2) is 8.02. The van der Waals surface area contributed by atoms with E-state index in [2.05, 4.69) is 15.9 Å². The van der Waals surface area contributed by atoms with Gasteiger partial charge < -0.3 is 20.3 Å². The first-order valence-corrected chi connectivity index (χ1v) is 7.42. The van der Waals surface area contributed by atoms with E-state index in [1.165, 1.54) is 0 Å². The van der Waals surface area contributed by atoms with Gasteiger partial charge in [-0.2, -0.15) is 0 Å². The zero-order valence-electron chi connectivity index (χ0n) is 11.5. The van der Waals surface area contributed by atoms with Crippen molar-refractivity contribution < 1.29 is 14.6 Å². The largest absolute Gasteiger partial charge is 0.489 e. The maximum Gasteiger partial charge on any atom is 0.142 e. The number of aliphatic hydroxyl groups excluding tert-OH is 1. The van der Waals surface area contributed by atoms with Crippen molar-refractivity contribution in [3.05, 3.63) is 58.6 Å². The first kappa shape index (κ1) is 15.8. The van der Waals surface area contributed by atoms with Crippen molar-refractivity contribution in [1.29, 1.82) is 0 Å². The van der Waals surface area contributed by atoms with Gasteiger partial charge in [0.25, 0.3) is 0 Å². The molecular formula is C16H18BrNO3. The van der Waals surface area contributed by atoms with E-state index in [1.54, 1.807) is 12.1 Å². The molecule has 0 heterocycles. The quantitative estimate of drug-likeness (QED) is 0.752. The van der Waals surface area contributed by atoms with Crippen LogP contribution in [0.15, 0.2) is 53.0 Å². The van der Waals surface area contributed by atoms with Gasteiger partial charge in [0.1, 0.15) is 18.5 Å². The minimum Gasteiger partial charge on any atom is -0.489 e. The van der Waals surface area contributed by atoms with Crippen molar-refractivity contribution in [2.45, 2.75) is 12.7 Å². The second-order valence-electron chi connectivity index (χ2n) is 4.64. The Kier molecular flexibility index (Phi) is 6.04. The van der Waals surface area contributed by atoms with Crippen molar-refractivity contribution in [3.8, 4) is 5.75 Å². The fourth-order valence-electron chi connectivity index (χ4n) is 1.74. The molecule has 1 unspecified atom stereocenters. The van der Waals surface area contributed by atoms with Gasteiger partial charge in [-0.3, -0.25) is 0 Å². The van der Waals surface area contributed by atoms with E-state index in [0.717, 1.165) is 10.0 Å². The van der Waals surface area contributed by atoms with Crippen LogP contribution in [0.5, 0.6) is 5.75 Å². The summed E-state index contributed by atoms with van der Waals surface area (Å²) in [6.45, 7) is 0.815. The average molecular weight is 352 g/mol. The van der Waals surface area contributed by atoms with Gasteiger partial charge in [0.15, 0.2) is 0 Å². The maximum atomic E-state index is 9.83. The summed E-state index contributed by atoms with van der Waals surface area (Å²) in [6.07, 6.45) is -0.694. The van der Waals surface area contributed by atoms with Gasteiger partial charge in [-0.25, -0.2) is 0 Å². The van der Waals surface area contributed by atoms with Crippen LogP contribution in [0.25, 0.3) is 0 Å². The highest BCUT2D eigenvalue weighted by molar-refractivity contribution is 9.10. The minimum atomic E-state index is -0.694. The Hall–Kier alpha value is -1.56. The number of nitrogens with two attached hydrogens (primary N) is 1. The third kappa shape index (κ3) is 5.38. The molecule has 0 aliphatic heterocycles. The van der Waals surface area contributed by atoms with Gasteiger partial charge in [-0.15, -0.1) is 0 Å². The molecule has 0 aromatic heterocycles. The van der Waals surface area contributed by atoms with Crippen LogP contribution in [0.4, 0.5) is 5.69 Å². The van der Waals surface area contributed by atoms with Crippen molar-refractivity contribution in [1.82, 2.24) is 0 Å². The molecular weight excluding hydrogens is 334 g/mol. The number of nitrogen functional groups attached to an aromatic ring is 1. The molecule has 4 nitrogen and oxygen atoms in total. The predicted octanol–water partition coefficient (Wildman–Crippen LogP) is 2.99. The van der Waals surface area contributed by atoms with Gasteiger partial charge in [0.05, 0.1) is 18.9 Å². The monoisotopic (exact) mass is 351 g/mol. The zero-order valence-corrected chi connectivity index (χ0v) is 13.1. The number of ether oxygens (including phenoxy) is 2. The molecule has 0 saturated carbocycles. The van der Waals surface area contributed by atoms with Crippen LogP contribution in [0.2, 0.25) is 0 Å². The first-order valence-electron chi connectivity index (χ1n) is 6.62. The van der Waals surface area contributed by atoms with Gasteiger partial charge in [-0.05, 0) is 29.8 Å². The van der Waals surface area contributed by atoms with Crippen molar-refractivity contribution >= 4 is 21.6 Å².